The molecule has 1 aromatic carbocycles. The van der Waals surface area contributed by atoms with E-state index in [-0.39, 0.29) is 5.78 Å². The number of rotatable bonds is 6. The zero-order valence-electron chi connectivity index (χ0n) is 9.46. The largest absolute Gasteiger partial charge is 0.497 e. The molecular weight excluding hydrogens is 288 g/mol. The predicted octanol–water partition coefficient (Wildman–Crippen LogP) is 3.32. The van der Waals surface area contributed by atoms with Gasteiger partial charge in [-0.3, -0.25) is 4.79 Å². The number of carbonyl (C=O) groups is 1. The van der Waals surface area contributed by atoms with Crippen molar-refractivity contribution >= 4 is 33.5 Å². The summed E-state index contributed by atoms with van der Waals surface area (Å²) in [7, 11) is 1.63. The average Bonchev–Trinajstić information content (AvgIpc) is 2.29. The molecule has 0 fully saturated rings. The summed E-state index contributed by atoms with van der Waals surface area (Å²) in [5, 5.41) is 0. The van der Waals surface area contributed by atoms with Gasteiger partial charge in [-0.05, 0) is 29.5 Å². The minimum atomic E-state index is 0.251. The Labute approximate surface area is 109 Å². The van der Waals surface area contributed by atoms with Crippen LogP contribution >= 0.6 is 27.7 Å². The second kappa shape index (κ2) is 6.97. The van der Waals surface area contributed by atoms with E-state index in [1.807, 2.05) is 18.2 Å². The summed E-state index contributed by atoms with van der Waals surface area (Å²) in [6.45, 7) is 2.05. The maximum Gasteiger partial charge on any atom is 0.147 e. The molecular formula is C12H15BrO2S. The number of benzene rings is 1. The lowest BCUT2D eigenvalue weighted by atomic mass is 10.1. The lowest BCUT2D eigenvalue weighted by Crippen LogP contribution is -2.06. The second-order valence-electron chi connectivity index (χ2n) is 3.31. The van der Waals surface area contributed by atoms with Crippen molar-refractivity contribution in [3.05, 3.63) is 28.2 Å². The monoisotopic (exact) mass is 302 g/mol. The van der Waals surface area contributed by atoms with Gasteiger partial charge in [0.15, 0.2) is 0 Å². The number of Topliss-reactive ketones (excluding diaryl/α,β-unsaturated/α-hetero) is 1. The first-order valence-corrected chi connectivity index (χ1v) is 7.04. The van der Waals surface area contributed by atoms with Crippen LogP contribution in [0.5, 0.6) is 5.75 Å². The topological polar surface area (TPSA) is 26.3 Å². The van der Waals surface area contributed by atoms with Crippen LogP contribution in [0.25, 0.3) is 0 Å². The normalized spacial score (nSPS) is 10.2. The molecule has 0 unspecified atom stereocenters. The molecule has 0 heterocycles. The van der Waals surface area contributed by atoms with Crippen LogP contribution in [0, 0.1) is 0 Å². The standard InChI is InChI=1S/C12H15BrO2S/c1-3-16-8-10(14)6-9-7-11(15-2)4-5-12(9)13/h4-5,7H,3,6,8H2,1-2H3. The Bertz CT molecular complexity index is 366. The lowest BCUT2D eigenvalue weighted by molar-refractivity contribution is -0.116. The number of methoxy groups -OCH3 is 1. The highest BCUT2D eigenvalue weighted by atomic mass is 79.9. The molecule has 0 bridgehead atoms. The zero-order chi connectivity index (χ0) is 12.0. The van der Waals surface area contributed by atoms with Crippen LogP contribution in [0.3, 0.4) is 0 Å². The maximum atomic E-state index is 11.6. The van der Waals surface area contributed by atoms with E-state index >= 15 is 0 Å². The van der Waals surface area contributed by atoms with Crippen LogP contribution in [0.4, 0.5) is 0 Å². The fraction of sp³-hybridized carbons (Fsp3) is 0.417. The molecule has 4 heteroatoms. The molecule has 0 aliphatic carbocycles. The molecule has 1 rings (SSSR count). The van der Waals surface area contributed by atoms with Crippen molar-refractivity contribution in [3.63, 3.8) is 0 Å². The van der Waals surface area contributed by atoms with Gasteiger partial charge < -0.3 is 4.74 Å². The Morgan fingerprint density at radius 1 is 1.50 bits per heavy atom. The SMILES string of the molecule is CCSCC(=O)Cc1cc(OC)ccc1Br. The van der Waals surface area contributed by atoms with E-state index in [1.165, 1.54) is 0 Å². The minimum absolute atomic E-state index is 0.251. The molecule has 1 aromatic rings. The van der Waals surface area contributed by atoms with E-state index in [0.29, 0.717) is 12.2 Å². The molecule has 2 nitrogen and oxygen atoms in total. The van der Waals surface area contributed by atoms with Crippen molar-refractivity contribution in [3.8, 4) is 5.75 Å². The number of hydrogen-bond donors (Lipinski definition) is 0. The number of carbonyl (C=O) groups excluding carboxylic acids is 1. The Balaban J connectivity index is 2.68. The number of hydrogen-bond acceptors (Lipinski definition) is 3. The highest BCUT2D eigenvalue weighted by Gasteiger charge is 2.08. The van der Waals surface area contributed by atoms with E-state index in [1.54, 1.807) is 18.9 Å². The molecule has 0 aliphatic heterocycles. The van der Waals surface area contributed by atoms with Crippen LogP contribution in [-0.4, -0.2) is 24.4 Å². The summed E-state index contributed by atoms with van der Waals surface area (Å²) >= 11 is 5.10. The van der Waals surface area contributed by atoms with E-state index in [0.717, 1.165) is 21.5 Å². The first kappa shape index (κ1) is 13.6. The first-order chi connectivity index (χ1) is 7.67. The Morgan fingerprint density at radius 3 is 2.88 bits per heavy atom. The molecule has 0 saturated heterocycles. The third-order valence-electron chi connectivity index (χ3n) is 2.11. The van der Waals surface area contributed by atoms with Crippen LogP contribution in [0.1, 0.15) is 12.5 Å². The molecule has 0 aromatic heterocycles. The maximum absolute atomic E-state index is 11.6. The van der Waals surface area contributed by atoms with Gasteiger partial charge in [-0.1, -0.05) is 22.9 Å². The molecule has 0 aliphatic rings. The van der Waals surface area contributed by atoms with E-state index in [9.17, 15) is 4.79 Å². The summed E-state index contributed by atoms with van der Waals surface area (Å²) in [5.74, 6) is 2.60. The van der Waals surface area contributed by atoms with Crippen LogP contribution in [0.15, 0.2) is 22.7 Å². The molecule has 88 valence electrons. The van der Waals surface area contributed by atoms with Gasteiger partial charge in [0.05, 0.1) is 12.9 Å². The molecule has 0 amide bonds. The van der Waals surface area contributed by atoms with Gasteiger partial charge in [0, 0.05) is 10.9 Å². The Kier molecular flexibility index (Phi) is 5.91. The highest BCUT2D eigenvalue weighted by Crippen LogP contribution is 2.23. The Morgan fingerprint density at radius 2 is 2.25 bits per heavy atom. The van der Waals surface area contributed by atoms with Gasteiger partial charge >= 0.3 is 0 Å². The van der Waals surface area contributed by atoms with Crippen molar-refractivity contribution in [1.29, 1.82) is 0 Å². The fourth-order valence-corrected chi connectivity index (χ4v) is 2.21. The number of halogens is 1. The van der Waals surface area contributed by atoms with E-state index in [2.05, 4.69) is 22.9 Å². The van der Waals surface area contributed by atoms with E-state index in [4.69, 9.17) is 4.74 Å². The van der Waals surface area contributed by atoms with Crippen molar-refractivity contribution in [2.75, 3.05) is 18.6 Å². The number of thioether (sulfide) groups is 1. The molecule has 16 heavy (non-hydrogen) atoms. The van der Waals surface area contributed by atoms with Gasteiger partial charge in [0.25, 0.3) is 0 Å². The summed E-state index contributed by atoms with van der Waals surface area (Å²) in [6.07, 6.45) is 0.463. The van der Waals surface area contributed by atoms with Crippen LogP contribution in [0.2, 0.25) is 0 Å². The number of ketones is 1. The zero-order valence-corrected chi connectivity index (χ0v) is 11.9. The lowest BCUT2D eigenvalue weighted by Gasteiger charge is -2.06. The van der Waals surface area contributed by atoms with Crippen molar-refractivity contribution in [2.24, 2.45) is 0 Å². The van der Waals surface area contributed by atoms with Gasteiger partial charge in [-0.25, -0.2) is 0 Å². The molecule has 0 atom stereocenters. The van der Waals surface area contributed by atoms with Crippen molar-refractivity contribution < 1.29 is 9.53 Å². The number of ether oxygens (including phenoxy) is 1. The summed E-state index contributed by atoms with van der Waals surface area (Å²) in [6, 6.07) is 5.69. The average molecular weight is 303 g/mol. The van der Waals surface area contributed by atoms with Crippen LogP contribution in [-0.2, 0) is 11.2 Å². The first-order valence-electron chi connectivity index (χ1n) is 5.09. The minimum Gasteiger partial charge on any atom is -0.497 e. The molecule has 0 radical (unpaired) electrons. The van der Waals surface area contributed by atoms with Gasteiger partial charge in [-0.2, -0.15) is 11.8 Å². The molecule has 0 saturated carbocycles. The molecule has 0 N–H and O–H groups in total. The Hall–Kier alpha value is -0.480. The van der Waals surface area contributed by atoms with Gasteiger partial charge in [0.2, 0.25) is 0 Å². The van der Waals surface area contributed by atoms with Gasteiger partial charge in [0.1, 0.15) is 11.5 Å². The second-order valence-corrected chi connectivity index (χ2v) is 5.44. The molecule has 0 spiro atoms. The summed E-state index contributed by atoms with van der Waals surface area (Å²) < 4.78 is 6.10. The predicted molar refractivity (Wildman–Crippen MR) is 72.4 cm³/mol. The third-order valence-corrected chi connectivity index (χ3v) is 3.82. The van der Waals surface area contributed by atoms with Gasteiger partial charge in [-0.15, -0.1) is 0 Å². The summed E-state index contributed by atoms with van der Waals surface area (Å²) in [4.78, 5) is 11.6. The van der Waals surface area contributed by atoms with Crippen LogP contribution < -0.4 is 4.74 Å². The quantitative estimate of drug-likeness (QED) is 0.806. The highest BCUT2D eigenvalue weighted by molar-refractivity contribution is 9.10. The van der Waals surface area contributed by atoms with E-state index < -0.39 is 0 Å². The summed E-state index contributed by atoms with van der Waals surface area (Å²) in [5.41, 5.74) is 0.987. The third kappa shape index (κ3) is 4.18. The smallest absolute Gasteiger partial charge is 0.147 e. The van der Waals surface area contributed by atoms with Crippen molar-refractivity contribution in [2.45, 2.75) is 13.3 Å². The fourth-order valence-electron chi connectivity index (χ4n) is 1.29. The van der Waals surface area contributed by atoms with Crippen molar-refractivity contribution in [1.82, 2.24) is 0 Å².